The summed E-state index contributed by atoms with van der Waals surface area (Å²) in [4.78, 5) is 11.9. The SMILES string of the molecule is C[C@@H](Oc1ccc(F)c(Cl)c1)C(=O)Nc1ccc(F)cc1. The van der Waals surface area contributed by atoms with Gasteiger partial charge in [0.1, 0.15) is 17.4 Å². The second-order valence-corrected chi connectivity index (χ2v) is 4.74. The maximum absolute atomic E-state index is 13.0. The van der Waals surface area contributed by atoms with Gasteiger partial charge in [-0.2, -0.15) is 0 Å². The molecule has 0 bridgehead atoms. The maximum atomic E-state index is 13.0. The van der Waals surface area contributed by atoms with Crippen LogP contribution in [0.1, 0.15) is 6.92 Å². The summed E-state index contributed by atoms with van der Waals surface area (Å²) in [5.74, 6) is -1.09. The molecule has 0 fully saturated rings. The first-order chi connectivity index (χ1) is 9.95. The van der Waals surface area contributed by atoms with Crippen molar-refractivity contribution >= 4 is 23.2 Å². The molecule has 0 aromatic heterocycles. The predicted molar refractivity (Wildman–Crippen MR) is 76.5 cm³/mol. The van der Waals surface area contributed by atoms with Gasteiger partial charge in [-0.3, -0.25) is 4.79 Å². The van der Waals surface area contributed by atoms with E-state index in [4.69, 9.17) is 16.3 Å². The molecule has 0 aliphatic rings. The van der Waals surface area contributed by atoms with Gasteiger partial charge in [-0.05, 0) is 43.3 Å². The van der Waals surface area contributed by atoms with Crippen molar-refractivity contribution in [2.75, 3.05) is 5.32 Å². The van der Waals surface area contributed by atoms with Gasteiger partial charge in [-0.25, -0.2) is 8.78 Å². The molecular weight excluding hydrogens is 300 g/mol. The number of carbonyl (C=O) groups is 1. The topological polar surface area (TPSA) is 38.3 Å². The molecule has 0 unspecified atom stereocenters. The summed E-state index contributed by atoms with van der Waals surface area (Å²) in [7, 11) is 0. The number of carbonyl (C=O) groups excluding carboxylic acids is 1. The number of amides is 1. The average Bonchev–Trinajstić information content (AvgIpc) is 2.45. The van der Waals surface area contributed by atoms with Gasteiger partial charge < -0.3 is 10.1 Å². The van der Waals surface area contributed by atoms with E-state index in [1.165, 1.54) is 43.3 Å². The Labute approximate surface area is 125 Å². The van der Waals surface area contributed by atoms with Crippen LogP contribution < -0.4 is 10.1 Å². The van der Waals surface area contributed by atoms with Crippen LogP contribution in [0, 0.1) is 11.6 Å². The molecule has 0 saturated heterocycles. The molecule has 0 saturated carbocycles. The fourth-order valence-corrected chi connectivity index (χ4v) is 1.76. The van der Waals surface area contributed by atoms with E-state index in [0.717, 1.165) is 6.07 Å². The van der Waals surface area contributed by atoms with Gasteiger partial charge in [-0.1, -0.05) is 11.6 Å². The highest BCUT2D eigenvalue weighted by atomic mass is 35.5. The van der Waals surface area contributed by atoms with Crippen molar-refractivity contribution in [3.05, 3.63) is 59.1 Å². The third-order valence-electron chi connectivity index (χ3n) is 2.68. The first-order valence-electron chi connectivity index (χ1n) is 6.14. The third-order valence-corrected chi connectivity index (χ3v) is 2.97. The number of hydrogen-bond donors (Lipinski definition) is 1. The Kier molecular flexibility index (Phi) is 4.75. The Hall–Kier alpha value is -2.14. The number of anilines is 1. The minimum Gasteiger partial charge on any atom is -0.481 e. The monoisotopic (exact) mass is 311 g/mol. The first kappa shape index (κ1) is 15.3. The zero-order valence-corrected chi connectivity index (χ0v) is 11.8. The number of ether oxygens (including phenoxy) is 1. The van der Waals surface area contributed by atoms with Gasteiger partial charge in [0.2, 0.25) is 0 Å². The van der Waals surface area contributed by atoms with Gasteiger partial charge in [0.05, 0.1) is 5.02 Å². The molecule has 110 valence electrons. The van der Waals surface area contributed by atoms with Crippen molar-refractivity contribution in [1.82, 2.24) is 0 Å². The number of hydrogen-bond acceptors (Lipinski definition) is 2. The third kappa shape index (κ3) is 4.16. The van der Waals surface area contributed by atoms with Crippen LogP contribution in [0.5, 0.6) is 5.75 Å². The van der Waals surface area contributed by atoms with E-state index >= 15 is 0 Å². The number of rotatable bonds is 4. The largest absolute Gasteiger partial charge is 0.481 e. The molecule has 0 aliphatic carbocycles. The van der Waals surface area contributed by atoms with Crippen molar-refractivity contribution in [1.29, 1.82) is 0 Å². The highest BCUT2D eigenvalue weighted by Gasteiger charge is 2.15. The number of halogens is 3. The summed E-state index contributed by atoms with van der Waals surface area (Å²) in [6.45, 7) is 1.54. The van der Waals surface area contributed by atoms with Crippen LogP contribution in [0.15, 0.2) is 42.5 Å². The van der Waals surface area contributed by atoms with Crippen LogP contribution in [0.4, 0.5) is 14.5 Å². The molecule has 2 aromatic rings. The lowest BCUT2D eigenvalue weighted by molar-refractivity contribution is -0.122. The van der Waals surface area contributed by atoms with Gasteiger partial charge in [0.25, 0.3) is 5.91 Å². The van der Waals surface area contributed by atoms with Crippen LogP contribution in [0.2, 0.25) is 5.02 Å². The fourth-order valence-electron chi connectivity index (χ4n) is 1.58. The van der Waals surface area contributed by atoms with E-state index in [9.17, 15) is 13.6 Å². The minimum absolute atomic E-state index is 0.0846. The van der Waals surface area contributed by atoms with E-state index < -0.39 is 23.6 Å². The number of benzene rings is 2. The van der Waals surface area contributed by atoms with Crippen LogP contribution in [-0.4, -0.2) is 12.0 Å². The zero-order valence-electron chi connectivity index (χ0n) is 11.1. The Bertz CT molecular complexity index is 647. The molecule has 3 nitrogen and oxygen atoms in total. The van der Waals surface area contributed by atoms with E-state index in [2.05, 4.69) is 5.32 Å². The van der Waals surface area contributed by atoms with E-state index in [1.807, 2.05) is 0 Å². The minimum atomic E-state index is -0.823. The molecule has 2 rings (SSSR count). The van der Waals surface area contributed by atoms with E-state index in [1.54, 1.807) is 0 Å². The van der Waals surface area contributed by atoms with Gasteiger partial charge in [0.15, 0.2) is 6.10 Å². The maximum Gasteiger partial charge on any atom is 0.265 e. The zero-order chi connectivity index (χ0) is 15.4. The molecule has 0 radical (unpaired) electrons. The Morgan fingerprint density at radius 3 is 2.48 bits per heavy atom. The average molecular weight is 312 g/mol. The molecule has 1 atom stereocenters. The Morgan fingerprint density at radius 2 is 1.86 bits per heavy atom. The Morgan fingerprint density at radius 1 is 1.19 bits per heavy atom. The summed E-state index contributed by atoms with van der Waals surface area (Å²) in [6.07, 6.45) is -0.823. The second kappa shape index (κ2) is 6.54. The lowest BCUT2D eigenvalue weighted by atomic mass is 10.3. The summed E-state index contributed by atoms with van der Waals surface area (Å²) in [5, 5.41) is 2.49. The lowest BCUT2D eigenvalue weighted by Gasteiger charge is -2.15. The number of nitrogens with one attached hydrogen (secondary N) is 1. The molecule has 1 amide bonds. The van der Waals surface area contributed by atoms with E-state index in [0.29, 0.717) is 5.69 Å². The quantitative estimate of drug-likeness (QED) is 0.926. The fraction of sp³-hybridized carbons (Fsp3) is 0.133. The van der Waals surface area contributed by atoms with Crippen molar-refractivity contribution in [2.24, 2.45) is 0 Å². The smallest absolute Gasteiger partial charge is 0.265 e. The molecule has 6 heteroatoms. The van der Waals surface area contributed by atoms with Crippen LogP contribution in [0.3, 0.4) is 0 Å². The standard InChI is InChI=1S/C15H12ClF2NO2/c1-9(21-12-6-7-14(18)13(16)8-12)15(20)19-11-4-2-10(17)3-5-11/h2-9H,1H3,(H,19,20)/t9-/m1/s1. The molecular formula is C15H12ClF2NO2. The second-order valence-electron chi connectivity index (χ2n) is 4.33. The summed E-state index contributed by atoms with van der Waals surface area (Å²) >= 11 is 5.63. The molecule has 0 aliphatic heterocycles. The van der Waals surface area contributed by atoms with Crippen LogP contribution >= 0.6 is 11.6 Å². The van der Waals surface area contributed by atoms with Gasteiger partial charge >= 0.3 is 0 Å². The predicted octanol–water partition coefficient (Wildman–Crippen LogP) is 4.02. The Balaban J connectivity index is 1.98. The van der Waals surface area contributed by atoms with Crippen molar-refractivity contribution in [2.45, 2.75) is 13.0 Å². The van der Waals surface area contributed by atoms with E-state index in [-0.39, 0.29) is 10.8 Å². The highest BCUT2D eigenvalue weighted by Crippen LogP contribution is 2.22. The summed E-state index contributed by atoms with van der Waals surface area (Å²) in [5.41, 5.74) is 0.453. The molecule has 0 spiro atoms. The van der Waals surface area contributed by atoms with Crippen molar-refractivity contribution in [3.8, 4) is 5.75 Å². The molecule has 21 heavy (non-hydrogen) atoms. The summed E-state index contributed by atoms with van der Waals surface area (Å²) in [6, 6.07) is 9.18. The van der Waals surface area contributed by atoms with Crippen molar-refractivity contribution in [3.63, 3.8) is 0 Å². The normalized spacial score (nSPS) is 11.8. The van der Waals surface area contributed by atoms with Crippen molar-refractivity contribution < 1.29 is 18.3 Å². The molecule has 0 heterocycles. The first-order valence-corrected chi connectivity index (χ1v) is 6.51. The molecule has 1 N–H and O–H groups in total. The highest BCUT2D eigenvalue weighted by molar-refractivity contribution is 6.30. The lowest BCUT2D eigenvalue weighted by Crippen LogP contribution is -2.30. The summed E-state index contributed by atoms with van der Waals surface area (Å²) < 4.78 is 31.1. The van der Waals surface area contributed by atoms with Gasteiger partial charge in [-0.15, -0.1) is 0 Å². The van der Waals surface area contributed by atoms with Gasteiger partial charge in [0, 0.05) is 11.8 Å². The van der Waals surface area contributed by atoms with Crippen LogP contribution in [-0.2, 0) is 4.79 Å². The molecule has 2 aromatic carbocycles. The van der Waals surface area contributed by atoms with Crippen LogP contribution in [0.25, 0.3) is 0 Å².